The quantitative estimate of drug-likeness (QED) is 0.826. The molecule has 0 bridgehead atoms. The van der Waals surface area contributed by atoms with Gasteiger partial charge < -0.3 is 10.6 Å². The Kier molecular flexibility index (Phi) is 5.15. The lowest BCUT2D eigenvalue weighted by atomic mass is 9.87. The molecule has 0 saturated carbocycles. The third-order valence-corrected chi connectivity index (χ3v) is 4.08. The third-order valence-electron chi connectivity index (χ3n) is 4.08. The van der Waals surface area contributed by atoms with Crippen LogP contribution in [0.3, 0.4) is 0 Å². The maximum atomic E-state index is 12.2. The molecule has 1 heterocycles. The van der Waals surface area contributed by atoms with Gasteiger partial charge in [-0.2, -0.15) is 0 Å². The van der Waals surface area contributed by atoms with Gasteiger partial charge in [0.2, 0.25) is 5.91 Å². The largest absolute Gasteiger partial charge is 0.368 e. The van der Waals surface area contributed by atoms with Gasteiger partial charge in [0.1, 0.15) is 5.54 Å². The number of primary amides is 1. The maximum absolute atomic E-state index is 12.2. The second-order valence-electron chi connectivity index (χ2n) is 5.50. The summed E-state index contributed by atoms with van der Waals surface area (Å²) in [7, 11) is 0. The average molecular weight is 275 g/mol. The molecule has 110 valence electrons. The summed E-state index contributed by atoms with van der Waals surface area (Å²) < 4.78 is 0. The second-order valence-corrected chi connectivity index (χ2v) is 5.50. The third kappa shape index (κ3) is 3.19. The van der Waals surface area contributed by atoms with E-state index in [9.17, 15) is 4.79 Å². The number of likely N-dealkylation sites (N-methyl/N-ethyl adjacent to an activating group) is 1. The highest BCUT2D eigenvalue weighted by atomic mass is 16.1. The fourth-order valence-corrected chi connectivity index (χ4v) is 3.03. The van der Waals surface area contributed by atoms with Crippen LogP contribution in [0, 0.1) is 0 Å². The van der Waals surface area contributed by atoms with E-state index in [1.807, 2.05) is 37.3 Å². The fourth-order valence-electron chi connectivity index (χ4n) is 3.03. The molecule has 1 aromatic rings. The van der Waals surface area contributed by atoms with Gasteiger partial charge >= 0.3 is 0 Å². The molecule has 1 amide bonds. The number of likely N-dealkylation sites (tertiary alicyclic amines) is 1. The summed E-state index contributed by atoms with van der Waals surface area (Å²) in [6, 6.07) is 9.85. The minimum atomic E-state index is -0.784. The smallest absolute Gasteiger partial charge is 0.243 e. The number of benzene rings is 1. The number of nitrogens with one attached hydrogen (secondary N) is 1. The summed E-state index contributed by atoms with van der Waals surface area (Å²) in [5.41, 5.74) is 5.95. The van der Waals surface area contributed by atoms with Crippen molar-refractivity contribution in [2.24, 2.45) is 5.73 Å². The second kappa shape index (κ2) is 6.86. The lowest BCUT2D eigenvalue weighted by Crippen LogP contribution is -2.59. The number of rotatable bonds is 6. The van der Waals surface area contributed by atoms with E-state index in [4.69, 9.17) is 5.73 Å². The Hall–Kier alpha value is -1.39. The first-order chi connectivity index (χ1) is 9.69. The predicted molar refractivity (Wildman–Crippen MR) is 81.3 cm³/mol. The molecule has 2 rings (SSSR count). The SMILES string of the molecule is CCNC(CN1CCCCC1)(C(N)=O)c1ccccc1. The van der Waals surface area contributed by atoms with Crippen LogP contribution in [0.5, 0.6) is 0 Å². The van der Waals surface area contributed by atoms with Gasteiger partial charge in [-0.1, -0.05) is 43.7 Å². The molecule has 4 heteroatoms. The number of carbonyl (C=O) groups is 1. The highest BCUT2D eigenvalue weighted by Gasteiger charge is 2.39. The first-order valence-corrected chi connectivity index (χ1v) is 7.52. The molecular weight excluding hydrogens is 250 g/mol. The van der Waals surface area contributed by atoms with E-state index >= 15 is 0 Å². The fraction of sp³-hybridized carbons (Fsp3) is 0.562. The Balaban J connectivity index is 2.29. The van der Waals surface area contributed by atoms with Crippen molar-refractivity contribution in [2.45, 2.75) is 31.7 Å². The van der Waals surface area contributed by atoms with Crippen molar-refractivity contribution in [3.8, 4) is 0 Å². The van der Waals surface area contributed by atoms with Crippen molar-refractivity contribution in [1.82, 2.24) is 10.2 Å². The van der Waals surface area contributed by atoms with Gasteiger partial charge in [-0.15, -0.1) is 0 Å². The van der Waals surface area contributed by atoms with Crippen molar-refractivity contribution in [3.63, 3.8) is 0 Å². The van der Waals surface area contributed by atoms with Crippen LogP contribution in [0.25, 0.3) is 0 Å². The minimum absolute atomic E-state index is 0.295. The van der Waals surface area contributed by atoms with Crippen LogP contribution in [-0.4, -0.2) is 37.0 Å². The Bertz CT molecular complexity index is 429. The molecule has 0 aromatic heterocycles. The van der Waals surface area contributed by atoms with Gasteiger partial charge in [0.05, 0.1) is 0 Å². The van der Waals surface area contributed by atoms with Gasteiger partial charge in [0.15, 0.2) is 0 Å². The Labute approximate surface area is 121 Å². The number of nitrogens with zero attached hydrogens (tertiary/aromatic N) is 1. The van der Waals surface area contributed by atoms with Crippen molar-refractivity contribution >= 4 is 5.91 Å². The highest BCUT2D eigenvalue weighted by Crippen LogP contribution is 2.24. The van der Waals surface area contributed by atoms with E-state index < -0.39 is 5.54 Å². The molecule has 1 atom stereocenters. The normalized spacial score (nSPS) is 19.4. The van der Waals surface area contributed by atoms with Gasteiger partial charge in [-0.3, -0.25) is 10.1 Å². The monoisotopic (exact) mass is 275 g/mol. The van der Waals surface area contributed by atoms with E-state index in [1.165, 1.54) is 19.3 Å². The van der Waals surface area contributed by atoms with E-state index in [0.29, 0.717) is 13.1 Å². The number of nitrogens with two attached hydrogens (primary N) is 1. The van der Waals surface area contributed by atoms with E-state index in [2.05, 4.69) is 10.2 Å². The molecule has 1 aromatic carbocycles. The Morgan fingerprint density at radius 3 is 2.45 bits per heavy atom. The molecule has 3 N–H and O–H groups in total. The molecule has 0 radical (unpaired) electrons. The van der Waals surface area contributed by atoms with Crippen LogP contribution in [0.2, 0.25) is 0 Å². The molecule has 1 aliphatic heterocycles. The van der Waals surface area contributed by atoms with Crippen LogP contribution in [-0.2, 0) is 10.3 Å². The molecule has 1 fully saturated rings. The summed E-state index contributed by atoms with van der Waals surface area (Å²) in [6.45, 7) is 5.48. The summed E-state index contributed by atoms with van der Waals surface area (Å²) in [4.78, 5) is 14.6. The van der Waals surface area contributed by atoms with Gasteiger partial charge in [-0.05, 0) is 38.0 Å². The minimum Gasteiger partial charge on any atom is -0.368 e. The van der Waals surface area contributed by atoms with Crippen LogP contribution < -0.4 is 11.1 Å². The van der Waals surface area contributed by atoms with Gasteiger partial charge in [-0.25, -0.2) is 0 Å². The molecule has 0 aliphatic carbocycles. The van der Waals surface area contributed by atoms with Crippen LogP contribution in [0.1, 0.15) is 31.7 Å². The molecular formula is C16H25N3O. The average Bonchev–Trinajstić information content (AvgIpc) is 2.48. The molecule has 1 saturated heterocycles. The Morgan fingerprint density at radius 2 is 1.90 bits per heavy atom. The number of carbonyl (C=O) groups excluding carboxylic acids is 1. The molecule has 0 spiro atoms. The van der Waals surface area contributed by atoms with Crippen molar-refractivity contribution in [1.29, 1.82) is 0 Å². The molecule has 1 aliphatic rings. The van der Waals surface area contributed by atoms with E-state index in [1.54, 1.807) is 0 Å². The zero-order valence-corrected chi connectivity index (χ0v) is 12.3. The van der Waals surface area contributed by atoms with Crippen molar-refractivity contribution < 1.29 is 4.79 Å². The summed E-state index contributed by atoms with van der Waals surface area (Å²) in [5, 5.41) is 3.34. The van der Waals surface area contributed by atoms with Crippen molar-refractivity contribution in [2.75, 3.05) is 26.2 Å². The van der Waals surface area contributed by atoms with Crippen LogP contribution >= 0.6 is 0 Å². The summed E-state index contributed by atoms with van der Waals surface area (Å²) in [6.07, 6.45) is 3.69. The zero-order chi connectivity index (χ0) is 14.4. The lowest BCUT2D eigenvalue weighted by molar-refractivity contribution is -0.125. The van der Waals surface area contributed by atoms with E-state index in [0.717, 1.165) is 18.7 Å². The molecule has 20 heavy (non-hydrogen) atoms. The highest BCUT2D eigenvalue weighted by molar-refractivity contribution is 5.86. The lowest BCUT2D eigenvalue weighted by Gasteiger charge is -2.38. The number of piperidine rings is 1. The molecule has 1 unspecified atom stereocenters. The first kappa shape index (κ1) is 15.0. The summed E-state index contributed by atoms with van der Waals surface area (Å²) >= 11 is 0. The van der Waals surface area contributed by atoms with Crippen LogP contribution in [0.4, 0.5) is 0 Å². The van der Waals surface area contributed by atoms with E-state index in [-0.39, 0.29) is 5.91 Å². The maximum Gasteiger partial charge on any atom is 0.243 e. The zero-order valence-electron chi connectivity index (χ0n) is 12.3. The van der Waals surface area contributed by atoms with Crippen molar-refractivity contribution in [3.05, 3.63) is 35.9 Å². The number of amides is 1. The van der Waals surface area contributed by atoms with Gasteiger partial charge in [0, 0.05) is 6.54 Å². The molecule has 4 nitrogen and oxygen atoms in total. The standard InChI is InChI=1S/C16H25N3O/c1-2-18-16(15(17)20,14-9-5-3-6-10-14)13-19-11-7-4-8-12-19/h3,5-6,9-10,18H,2,4,7-8,11-13H2,1H3,(H2,17,20). The topological polar surface area (TPSA) is 58.4 Å². The number of hydrogen-bond donors (Lipinski definition) is 2. The predicted octanol–water partition coefficient (Wildman–Crippen LogP) is 1.46. The summed E-state index contributed by atoms with van der Waals surface area (Å²) in [5.74, 6) is -0.295. The number of hydrogen-bond acceptors (Lipinski definition) is 3. The first-order valence-electron chi connectivity index (χ1n) is 7.52. The van der Waals surface area contributed by atoms with Gasteiger partial charge in [0.25, 0.3) is 0 Å². The van der Waals surface area contributed by atoms with Crippen LogP contribution in [0.15, 0.2) is 30.3 Å². The Morgan fingerprint density at radius 1 is 1.25 bits per heavy atom.